The number of aromatic nitrogens is 4. The molecule has 1 N–H and O–H groups in total. The molecule has 0 bridgehead atoms. The molecule has 0 unspecified atom stereocenters. The van der Waals surface area contributed by atoms with Gasteiger partial charge in [-0.05, 0) is 38.1 Å². The molecule has 0 fully saturated rings. The number of phenols is 1. The van der Waals surface area contributed by atoms with Gasteiger partial charge in [0.25, 0.3) is 11.1 Å². The molecule has 0 aliphatic rings. The molecule has 0 saturated heterocycles. The SMILES string of the molecule is Cc1c(C(c2cccc([N+](=O)[O-])c2O)c2c(C)n(C)n(-c3ccccc3)c2=O)c(=O)n(-c2ccccc2)n1C.Cl. The van der Waals surface area contributed by atoms with E-state index in [2.05, 4.69) is 0 Å². The van der Waals surface area contributed by atoms with Crippen LogP contribution >= 0.6 is 12.4 Å². The molecule has 5 aromatic rings. The number of hydrogen-bond donors (Lipinski definition) is 1. The third kappa shape index (κ3) is 4.32. The van der Waals surface area contributed by atoms with E-state index in [0.29, 0.717) is 22.8 Å². The summed E-state index contributed by atoms with van der Waals surface area (Å²) >= 11 is 0. The fourth-order valence-corrected chi connectivity index (χ4v) is 5.23. The zero-order valence-corrected chi connectivity index (χ0v) is 23.1. The van der Waals surface area contributed by atoms with Crippen molar-refractivity contribution in [2.45, 2.75) is 19.8 Å². The number of para-hydroxylation sites is 3. The number of aromatic hydroxyl groups is 1. The number of rotatable bonds is 6. The molecule has 40 heavy (non-hydrogen) atoms. The first-order valence-electron chi connectivity index (χ1n) is 12.3. The van der Waals surface area contributed by atoms with Crippen molar-refractivity contribution in [2.24, 2.45) is 14.1 Å². The average molecular weight is 562 g/mol. The van der Waals surface area contributed by atoms with E-state index in [1.54, 1.807) is 61.6 Å². The van der Waals surface area contributed by atoms with Crippen molar-refractivity contribution in [2.75, 3.05) is 0 Å². The molecule has 206 valence electrons. The number of nitrogens with zero attached hydrogens (tertiary/aromatic N) is 5. The van der Waals surface area contributed by atoms with Gasteiger partial charge in [-0.2, -0.15) is 0 Å². The predicted octanol–water partition coefficient (Wildman–Crippen LogP) is 4.50. The Morgan fingerprint density at radius 2 is 1.15 bits per heavy atom. The maximum absolute atomic E-state index is 14.1. The Kier molecular flexibility index (Phi) is 7.57. The Balaban J connectivity index is 0.00000370. The van der Waals surface area contributed by atoms with Gasteiger partial charge in [-0.15, -0.1) is 12.4 Å². The van der Waals surface area contributed by atoms with Gasteiger partial charge in [0.15, 0.2) is 5.75 Å². The highest BCUT2D eigenvalue weighted by Gasteiger charge is 2.35. The molecule has 0 amide bonds. The summed E-state index contributed by atoms with van der Waals surface area (Å²) in [4.78, 5) is 39.3. The van der Waals surface area contributed by atoms with Crippen LogP contribution in [0.1, 0.15) is 34.0 Å². The monoisotopic (exact) mass is 561 g/mol. The summed E-state index contributed by atoms with van der Waals surface area (Å²) in [5, 5.41) is 22.9. The van der Waals surface area contributed by atoms with Crippen LogP contribution in [-0.4, -0.2) is 28.8 Å². The van der Waals surface area contributed by atoms with Crippen LogP contribution in [0.3, 0.4) is 0 Å². The third-order valence-electron chi connectivity index (χ3n) is 7.33. The Morgan fingerprint density at radius 3 is 1.55 bits per heavy atom. The van der Waals surface area contributed by atoms with Crippen LogP contribution in [-0.2, 0) is 14.1 Å². The van der Waals surface area contributed by atoms with E-state index in [9.17, 15) is 24.8 Å². The number of halogens is 1. The highest BCUT2D eigenvalue weighted by molar-refractivity contribution is 5.85. The molecule has 0 saturated carbocycles. The van der Waals surface area contributed by atoms with Crippen LogP contribution in [0.2, 0.25) is 0 Å². The van der Waals surface area contributed by atoms with Gasteiger partial charge in [0.05, 0.1) is 33.3 Å². The molecule has 5 rings (SSSR count). The minimum Gasteiger partial charge on any atom is -0.502 e. The van der Waals surface area contributed by atoms with Gasteiger partial charge >= 0.3 is 5.69 Å². The number of phenolic OH excluding ortho intramolecular Hbond substituents is 1. The molecule has 0 atom stereocenters. The second-order valence-corrected chi connectivity index (χ2v) is 9.36. The van der Waals surface area contributed by atoms with Crippen molar-refractivity contribution in [3.05, 3.63) is 138 Å². The van der Waals surface area contributed by atoms with Crippen LogP contribution in [0.25, 0.3) is 11.4 Å². The van der Waals surface area contributed by atoms with Crippen molar-refractivity contribution < 1.29 is 10.0 Å². The lowest BCUT2D eigenvalue weighted by atomic mass is 9.84. The van der Waals surface area contributed by atoms with Crippen molar-refractivity contribution >= 4 is 18.1 Å². The maximum Gasteiger partial charge on any atom is 0.311 e. The minimum atomic E-state index is -1.09. The second-order valence-electron chi connectivity index (χ2n) is 9.36. The molecule has 2 heterocycles. The van der Waals surface area contributed by atoms with E-state index in [-0.39, 0.29) is 29.1 Å². The number of benzene rings is 3. The van der Waals surface area contributed by atoms with Gasteiger partial charge in [-0.25, -0.2) is 9.36 Å². The molecular weight excluding hydrogens is 534 g/mol. The first kappa shape index (κ1) is 28.2. The van der Waals surface area contributed by atoms with Gasteiger partial charge < -0.3 is 5.11 Å². The summed E-state index contributed by atoms with van der Waals surface area (Å²) in [6, 6.07) is 22.3. The van der Waals surface area contributed by atoms with Crippen LogP contribution in [0, 0.1) is 24.0 Å². The fraction of sp³-hybridized carbons (Fsp3) is 0.172. The summed E-state index contributed by atoms with van der Waals surface area (Å²) in [7, 11) is 3.47. The molecule has 0 radical (unpaired) electrons. The molecule has 2 aromatic heterocycles. The van der Waals surface area contributed by atoms with E-state index in [1.807, 2.05) is 36.4 Å². The number of hydrogen-bond acceptors (Lipinski definition) is 5. The quantitative estimate of drug-likeness (QED) is 0.242. The van der Waals surface area contributed by atoms with Gasteiger partial charge in [0.2, 0.25) is 0 Å². The van der Waals surface area contributed by atoms with Gasteiger partial charge in [0.1, 0.15) is 0 Å². The number of nitro benzene ring substituents is 1. The van der Waals surface area contributed by atoms with Crippen molar-refractivity contribution in [3.8, 4) is 17.1 Å². The fourth-order valence-electron chi connectivity index (χ4n) is 5.23. The van der Waals surface area contributed by atoms with Gasteiger partial charge in [-0.3, -0.25) is 29.1 Å². The molecule has 0 aliphatic carbocycles. The molecule has 0 aliphatic heterocycles. The lowest BCUT2D eigenvalue weighted by molar-refractivity contribution is -0.385. The second kappa shape index (κ2) is 10.7. The third-order valence-corrected chi connectivity index (χ3v) is 7.33. The first-order chi connectivity index (χ1) is 18.6. The Hall–Kier alpha value is -4.83. The summed E-state index contributed by atoms with van der Waals surface area (Å²) < 4.78 is 6.34. The summed E-state index contributed by atoms with van der Waals surface area (Å²) in [5.41, 5.74) is 1.61. The van der Waals surface area contributed by atoms with Gasteiger partial charge in [-0.1, -0.05) is 48.5 Å². The van der Waals surface area contributed by atoms with E-state index in [0.717, 1.165) is 0 Å². The highest BCUT2D eigenvalue weighted by Crippen LogP contribution is 2.41. The zero-order valence-electron chi connectivity index (χ0n) is 22.3. The smallest absolute Gasteiger partial charge is 0.311 e. The minimum absolute atomic E-state index is 0. The van der Waals surface area contributed by atoms with E-state index < -0.39 is 33.4 Å². The van der Waals surface area contributed by atoms with E-state index in [4.69, 9.17) is 0 Å². The van der Waals surface area contributed by atoms with E-state index >= 15 is 0 Å². The summed E-state index contributed by atoms with van der Waals surface area (Å²) in [5.74, 6) is -1.67. The van der Waals surface area contributed by atoms with E-state index in [1.165, 1.54) is 27.6 Å². The Bertz CT molecular complexity index is 1730. The first-order valence-corrected chi connectivity index (χ1v) is 12.3. The predicted molar refractivity (Wildman–Crippen MR) is 154 cm³/mol. The normalized spacial score (nSPS) is 11.0. The van der Waals surface area contributed by atoms with Crippen molar-refractivity contribution in [1.82, 2.24) is 18.7 Å². The highest BCUT2D eigenvalue weighted by atomic mass is 35.5. The topological polar surface area (TPSA) is 117 Å². The Morgan fingerprint density at radius 1 is 0.725 bits per heavy atom. The standard InChI is InChI=1S/C29H27N5O5.ClH/c1-18-24(28(36)32(30(18)3)20-12-7-5-8-13-20)26(22-16-11-17-23(27(22)35)34(38)39)25-19(2)31(4)33(29(25)37)21-14-9-6-10-15-21;/h5-17,26,35H,1-4H3;1H. The molecule has 10 nitrogen and oxygen atoms in total. The van der Waals surface area contributed by atoms with Crippen molar-refractivity contribution in [1.29, 1.82) is 0 Å². The van der Waals surface area contributed by atoms with Crippen LogP contribution in [0.15, 0.2) is 88.5 Å². The summed E-state index contributed by atoms with van der Waals surface area (Å²) in [6.45, 7) is 3.51. The lowest BCUT2D eigenvalue weighted by Gasteiger charge is -2.17. The molecular formula is C29H28ClN5O5. The largest absolute Gasteiger partial charge is 0.502 e. The van der Waals surface area contributed by atoms with Crippen LogP contribution in [0.5, 0.6) is 5.75 Å². The van der Waals surface area contributed by atoms with Crippen molar-refractivity contribution in [3.63, 3.8) is 0 Å². The van der Waals surface area contributed by atoms with Crippen LogP contribution < -0.4 is 11.1 Å². The zero-order chi connectivity index (χ0) is 28.0. The van der Waals surface area contributed by atoms with Crippen LogP contribution in [0.4, 0.5) is 5.69 Å². The summed E-state index contributed by atoms with van der Waals surface area (Å²) in [6.07, 6.45) is 0. The molecule has 11 heteroatoms. The molecule has 0 spiro atoms. The Labute approximate surface area is 235 Å². The lowest BCUT2D eigenvalue weighted by Crippen LogP contribution is -2.26. The maximum atomic E-state index is 14.1. The van der Waals surface area contributed by atoms with Gasteiger partial charge in [0, 0.05) is 37.1 Å². The molecule has 3 aromatic carbocycles. The number of nitro groups is 1. The average Bonchev–Trinajstić information content (AvgIpc) is 3.28.